The number of unbranched alkanes of at least 4 members (excludes halogenated alkanes) is 1. The summed E-state index contributed by atoms with van der Waals surface area (Å²) in [6, 6.07) is 14.3. The highest BCUT2D eigenvalue weighted by Gasteiger charge is 2.15. The lowest BCUT2D eigenvalue weighted by Crippen LogP contribution is -2.41. The van der Waals surface area contributed by atoms with Gasteiger partial charge < -0.3 is 10.6 Å². The largest absolute Gasteiger partial charge is 0.354 e. The highest BCUT2D eigenvalue weighted by atomic mass is 32.2. The molecule has 180 valence electrons. The summed E-state index contributed by atoms with van der Waals surface area (Å²) in [7, 11) is 0. The molecule has 3 rings (SSSR count). The van der Waals surface area contributed by atoms with Crippen molar-refractivity contribution in [3.63, 3.8) is 0 Å². The average Bonchev–Trinajstić information content (AvgIpc) is 2.81. The Balaban J connectivity index is 1.82. The third-order valence-corrected chi connectivity index (χ3v) is 6.00. The zero-order valence-electron chi connectivity index (χ0n) is 19.7. The molecule has 2 amide bonds. The third-order valence-electron chi connectivity index (χ3n) is 5.27. The minimum atomic E-state index is -0.539. The fourth-order valence-corrected chi connectivity index (χ4v) is 4.17. The molecule has 2 aromatic carbocycles. The van der Waals surface area contributed by atoms with Crippen LogP contribution in [-0.2, 0) is 22.7 Å². The van der Waals surface area contributed by atoms with Crippen LogP contribution in [0.5, 0.6) is 0 Å². The molecule has 34 heavy (non-hydrogen) atoms. The molecule has 1 heterocycles. The van der Waals surface area contributed by atoms with Crippen molar-refractivity contribution < 1.29 is 9.59 Å². The van der Waals surface area contributed by atoms with Gasteiger partial charge in [0.25, 0.3) is 5.56 Å². The van der Waals surface area contributed by atoms with Crippen LogP contribution in [-0.4, -0.2) is 33.2 Å². The lowest BCUT2D eigenvalue weighted by atomic mass is 10.2. The second-order valence-electron chi connectivity index (χ2n) is 8.30. The molecule has 0 fully saturated rings. The van der Waals surface area contributed by atoms with Gasteiger partial charge in [-0.2, -0.15) is 0 Å². The number of nitrogens with zero attached hydrogens (tertiary/aromatic N) is 2. The van der Waals surface area contributed by atoms with E-state index in [4.69, 9.17) is 0 Å². The molecule has 0 saturated carbocycles. The van der Waals surface area contributed by atoms with Crippen molar-refractivity contribution in [2.75, 3.05) is 11.6 Å². The van der Waals surface area contributed by atoms with Crippen LogP contribution in [0.15, 0.2) is 63.0 Å². The second kappa shape index (κ2) is 11.7. The topological polar surface area (TPSA) is 102 Å². The average molecular weight is 483 g/mol. The van der Waals surface area contributed by atoms with E-state index in [0.29, 0.717) is 35.9 Å². The number of rotatable bonds is 10. The van der Waals surface area contributed by atoms with Gasteiger partial charge in [-0.25, -0.2) is 4.79 Å². The lowest BCUT2D eigenvalue weighted by Gasteiger charge is -2.14. The molecule has 0 atom stereocenters. The maximum Gasteiger partial charge on any atom is 0.331 e. The summed E-state index contributed by atoms with van der Waals surface area (Å²) >= 11 is 1.57. The molecule has 0 aliphatic rings. The molecular formula is C25H30N4O4S. The van der Waals surface area contributed by atoms with Crippen LogP contribution in [0.25, 0.3) is 10.9 Å². The van der Waals surface area contributed by atoms with Crippen LogP contribution in [0, 0.1) is 0 Å². The molecule has 2 N–H and O–H groups in total. The summed E-state index contributed by atoms with van der Waals surface area (Å²) < 4.78 is 2.49. The molecule has 9 heteroatoms. The third kappa shape index (κ3) is 6.38. The van der Waals surface area contributed by atoms with Crippen molar-refractivity contribution in [3.05, 3.63) is 69.4 Å². The van der Waals surface area contributed by atoms with Crippen molar-refractivity contribution in [1.29, 1.82) is 0 Å². The Kier molecular flexibility index (Phi) is 8.70. The van der Waals surface area contributed by atoms with Crippen LogP contribution in [0.4, 0.5) is 5.69 Å². The van der Waals surface area contributed by atoms with E-state index in [-0.39, 0.29) is 30.9 Å². The van der Waals surface area contributed by atoms with Crippen LogP contribution in [0.3, 0.4) is 0 Å². The quantitative estimate of drug-likeness (QED) is 0.341. The van der Waals surface area contributed by atoms with Crippen molar-refractivity contribution in [3.8, 4) is 0 Å². The number of para-hydroxylation sites is 1. The Hall–Kier alpha value is -3.33. The number of fused-ring (bicyclic) bond motifs is 1. The Bertz CT molecular complexity index is 1300. The standard InChI is InChI=1S/C25H30N4O4S/c1-17(2)26-22(30)13-6-7-14-28-24(32)20-11-4-5-12-21(20)29(25(28)33)16-23(31)27-18-9-8-10-19(15-18)34-3/h4-5,8-12,15,17H,6-7,13-14,16H2,1-3H3,(H,26,30)(H,27,31). The van der Waals surface area contributed by atoms with Gasteiger partial charge in [-0.3, -0.25) is 23.5 Å². The Morgan fingerprint density at radius 1 is 0.971 bits per heavy atom. The predicted octanol–water partition coefficient (Wildman–Crippen LogP) is 3.22. The molecule has 0 saturated heterocycles. The molecule has 0 bridgehead atoms. The van der Waals surface area contributed by atoms with E-state index in [9.17, 15) is 19.2 Å². The first-order valence-electron chi connectivity index (χ1n) is 11.3. The summed E-state index contributed by atoms with van der Waals surface area (Å²) in [6.45, 7) is 3.74. The first-order chi connectivity index (χ1) is 16.3. The fourth-order valence-electron chi connectivity index (χ4n) is 3.72. The number of hydrogen-bond donors (Lipinski definition) is 2. The van der Waals surface area contributed by atoms with Gasteiger partial charge in [-0.1, -0.05) is 18.2 Å². The van der Waals surface area contributed by atoms with Gasteiger partial charge >= 0.3 is 5.69 Å². The Morgan fingerprint density at radius 2 is 1.74 bits per heavy atom. The number of carbonyl (C=O) groups excluding carboxylic acids is 2. The van der Waals surface area contributed by atoms with E-state index in [0.717, 1.165) is 9.46 Å². The van der Waals surface area contributed by atoms with Crippen LogP contribution >= 0.6 is 11.8 Å². The molecule has 1 aromatic heterocycles. The molecule has 8 nitrogen and oxygen atoms in total. The minimum Gasteiger partial charge on any atom is -0.354 e. The number of hydrogen-bond acceptors (Lipinski definition) is 5. The smallest absolute Gasteiger partial charge is 0.331 e. The second-order valence-corrected chi connectivity index (χ2v) is 9.18. The van der Waals surface area contributed by atoms with Gasteiger partial charge in [0.1, 0.15) is 6.54 Å². The van der Waals surface area contributed by atoms with Crippen LogP contribution < -0.4 is 21.9 Å². The number of thioether (sulfide) groups is 1. The number of nitrogens with one attached hydrogen (secondary N) is 2. The zero-order chi connectivity index (χ0) is 24.7. The van der Waals surface area contributed by atoms with Crippen LogP contribution in [0.1, 0.15) is 33.1 Å². The normalized spacial score (nSPS) is 11.1. The van der Waals surface area contributed by atoms with Gasteiger partial charge in [-0.15, -0.1) is 11.8 Å². The first-order valence-corrected chi connectivity index (χ1v) is 12.5. The number of carbonyl (C=O) groups is 2. The SMILES string of the molecule is CSc1cccc(NC(=O)Cn2c(=O)n(CCCCC(=O)NC(C)C)c(=O)c3ccccc32)c1. The van der Waals surface area contributed by atoms with E-state index in [1.165, 1.54) is 4.57 Å². The summed E-state index contributed by atoms with van der Waals surface area (Å²) in [4.78, 5) is 51.9. The summed E-state index contributed by atoms with van der Waals surface area (Å²) in [5.74, 6) is -0.415. The van der Waals surface area contributed by atoms with Gasteiger partial charge in [0.05, 0.1) is 10.9 Å². The van der Waals surface area contributed by atoms with E-state index < -0.39 is 11.2 Å². The van der Waals surface area contributed by atoms with Crippen molar-refractivity contribution in [2.24, 2.45) is 0 Å². The van der Waals surface area contributed by atoms with E-state index in [2.05, 4.69) is 10.6 Å². The molecule has 0 spiro atoms. The highest BCUT2D eigenvalue weighted by molar-refractivity contribution is 7.98. The van der Waals surface area contributed by atoms with Crippen molar-refractivity contribution in [2.45, 2.75) is 57.1 Å². The maximum absolute atomic E-state index is 13.2. The van der Waals surface area contributed by atoms with Crippen molar-refractivity contribution >= 4 is 40.2 Å². The van der Waals surface area contributed by atoms with Crippen molar-refractivity contribution in [1.82, 2.24) is 14.5 Å². The highest BCUT2D eigenvalue weighted by Crippen LogP contribution is 2.19. The van der Waals surface area contributed by atoms with Gasteiger partial charge in [-0.05, 0) is 63.3 Å². The number of benzene rings is 2. The van der Waals surface area contributed by atoms with E-state index in [1.807, 2.05) is 38.3 Å². The molecule has 0 aliphatic heterocycles. The summed E-state index contributed by atoms with van der Waals surface area (Å²) in [6.07, 6.45) is 3.31. The first kappa shape index (κ1) is 25.3. The lowest BCUT2D eigenvalue weighted by molar-refractivity contribution is -0.121. The Morgan fingerprint density at radius 3 is 2.47 bits per heavy atom. The number of anilines is 1. The van der Waals surface area contributed by atoms with Gasteiger partial charge in [0, 0.05) is 29.6 Å². The molecule has 0 unspecified atom stereocenters. The van der Waals surface area contributed by atoms with E-state index in [1.54, 1.807) is 42.1 Å². The fraction of sp³-hybridized carbons (Fsp3) is 0.360. The number of aromatic nitrogens is 2. The summed E-state index contributed by atoms with van der Waals surface area (Å²) in [5.41, 5.74) is 0.125. The molecule has 0 radical (unpaired) electrons. The van der Waals surface area contributed by atoms with Gasteiger partial charge in [0.2, 0.25) is 11.8 Å². The predicted molar refractivity (Wildman–Crippen MR) is 136 cm³/mol. The molecular weight excluding hydrogens is 452 g/mol. The number of amides is 2. The van der Waals surface area contributed by atoms with Crippen LogP contribution in [0.2, 0.25) is 0 Å². The summed E-state index contributed by atoms with van der Waals surface area (Å²) in [5, 5.41) is 6.03. The monoisotopic (exact) mass is 482 g/mol. The zero-order valence-corrected chi connectivity index (χ0v) is 20.5. The minimum absolute atomic E-state index is 0.0551. The van der Waals surface area contributed by atoms with Gasteiger partial charge in [0.15, 0.2) is 0 Å². The molecule has 0 aliphatic carbocycles. The molecule has 3 aromatic rings. The van der Waals surface area contributed by atoms with E-state index >= 15 is 0 Å². The Labute approximate surface area is 202 Å². The maximum atomic E-state index is 13.2.